The Morgan fingerprint density at radius 1 is 1.08 bits per heavy atom. The maximum Gasteiger partial charge on any atom is 0.315 e. The van der Waals surface area contributed by atoms with Gasteiger partial charge in [-0.15, -0.1) is 0 Å². The van der Waals surface area contributed by atoms with Gasteiger partial charge in [0.15, 0.2) is 0 Å². The van der Waals surface area contributed by atoms with Crippen LogP contribution >= 0.6 is 0 Å². The van der Waals surface area contributed by atoms with Gasteiger partial charge in [-0.1, -0.05) is 43.2 Å². The Bertz CT molecular complexity index is 520. The van der Waals surface area contributed by atoms with Crippen LogP contribution in [0.5, 0.6) is 0 Å². The van der Waals surface area contributed by atoms with E-state index in [9.17, 15) is 9.90 Å². The summed E-state index contributed by atoms with van der Waals surface area (Å²) in [5.74, 6) is 0.956. The van der Waals surface area contributed by atoms with Crippen LogP contribution in [0.25, 0.3) is 0 Å². The van der Waals surface area contributed by atoms with Crippen LogP contribution in [-0.4, -0.2) is 29.8 Å². The summed E-state index contributed by atoms with van der Waals surface area (Å²) in [6, 6.07) is 10.8. The SMILES string of the molecule is O=C(NCC1CCCC(O)C1)NC1CCCC1Cc1ccccc1. The second-order valence-electron chi connectivity index (χ2n) is 7.53. The van der Waals surface area contributed by atoms with Gasteiger partial charge in [-0.2, -0.15) is 0 Å². The van der Waals surface area contributed by atoms with Crippen LogP contribution in [0.1, 0.15) is 50.5 Å². The third-order valence-electron chi connectivity index (χ3n) is 5.62. The van der Waals surface area contributed by atoms with E-state index < -0.39 is 0 Å². The van der Waals surface area contributed by atoms with E-state index in [-0.39, 0.29) is 18.2 Å². The molecular weight excluding hydrogens is 300 g/mol. The number of rotatable bonds is 5. The fourth-order valence-electron chi connectivity index (χ4n) is 4.29. The molecule has 1 aromatic carbocycles. The van der Waals surface area contributed by atoms with Crippen molar-refractivity contribution in [3.05, 3.63) is 35.9 Å². The maximum atomic E-state index is 12.2. The topological polar surface area (TPSA) is 61.4 Å². The van der Waals surface area contributed by atoms with Crippen molar-refractivity contribution in [2.75, 3.05) is 6.54 Å². The lowest BCUT2D eigenvalue weighted by atomic mass is 9.87. The highest BCUT2D eigenvalue weighted by molar-refractivity contribution is 5.74. The first kappa shape index (κ1) is 17.3. The number of aliphatic hydroxyl groups is 1. The summed E-state index contributed by atoms with van der Waals surface area (Å²) in [4.78, 5) is 12.2. The highest BCUT2D eigenvalue weighted by Gasteiger charge is 2.29. The third-order valence-corrected chi connectivity index (χ3v) is 5.62. The van der Waals surface area contributed by atoms with E-state index in [0.29, 0.717) is 18.4 Å². The summed E-state index contributed by atoms with van der Waals surface area (Å²) in [7, 11) is 0. The van der Waals surface area contributed by atoms with Gasteiger partial charge < -0.3 is 15.7 Å². The standard InChI is InChI=1S/C20H30N2O2/c23-18-10-4-8-16(13-18)14-21-20(24)22-19-11-5-9-17(19)12-15-6-2-1-3-7-15/h1-3,6-7,16-19,23H,4-5,8-14H2,(H2,21,22,24). The predicted octanol–water partition coefficient (Wildman–Crippen LogP) is 3.25. The highest BCUT2D eigenvalue weighted by atomic mass is 16.3. The zero-order valence-electron chi connectivity index (χ0n) is 14.4. The number of hydrogen-bond acceptors (Lipinski definition) is 2. The monoisotopic (exact) mass is 330 g/mol. The molecule has 2 fully saturated rings. The number of benzene rings is 1. The molecule has 3 rings (SSSR count). The van der Waals surface area contributed by atoms with Crippen LogP contribution in [0.2, 0.25) is 0 Å². The van der Waals surface area contributed by atoms with Crippen molar-refractivity contribution in [2.45, 2.75) is 63.5 Å². The van der Waals surface area contributed by atoms with Crippen molar-refractivity contribution < 1.29 is 9.90 Å². The second kappa shape index (κ2) is 8.52. The lowest BCUT2D eigenvalue weighted by Gasteiger charge is -2.27. The number of amides is 2. The van der Waals surface area contributed by atoms with E-state index in [1.165, 1.54) is 18.4 Å². The molecule has 0 aliphatic heterocycles. The largest absolute Gasteiger partial charge is 0.393 e. The highest BCUT2D eigenvalue weighted by Crippen LogP contribution is 2.29. The van der Waals surface area contributed by atoms with Crippen LogP contribution in [0.3, 0.4) is 0 Å². The Morgan fingerprint density at radius 3 is 2.67 bits per heavy atom. The molecular formula is C20H30N2O2. The summed E-state index contributed by atoms with van der Waals surface area (Å²) < 4.78 is 0. The summed E-state index contributed by atoms with van der Waals surface area (Å²) >= 11 is 0. The first-order chi connectivity index (χ1) is 11.7. The Labute approximate surface area is 145 Å². The normalized spacial score (nSPS) is 30.0. The smallest absolute Gasteiger partial charge is 0.315 e. The molecule has 2 aliphatic carbocycles. The molecule has 1 aromatic rings. The predicted molar refractivity (Wildman–Crippen MR) is 95.8 cm³/mol. The number of carbonyl (C=O) groups excluding carboxylic acids is 1. The Kier molecular flexibility index (Phi) is 6.13. The zero-order valence-corrected chi connectivity index (χ0v) is 14.4. The molecule has 132 valence electrons. The Hall–Kier alpha value is -1.55. The molecule has 0 aromatic heterocycles. The molecule has 4 unspecified atom stereocenters. The number of nitrogens with one attached hydrogen (secondary N) is 2. The minimum absolute atomic E-state index is 0.0416. The van der Waals surface area contributed by atoms with Gasteiger partial charge in [0.05, 0.1) is 6.10 Å². The van der Waals surface area contributed by atoms with E-state index >= 15 is 0 Å². The van der Waals surface area contributed by atoms with E-state index in [0.717, 1.165) is 38.5 Å². The van der Waals surface area contributed by atoms with Crippen molar-refractivity contribution in [1.82, 2.24) is 10.6 Å². The second-order valence-corrected chi connectivity index (χ2v) is 7.53. The van der Waals surface area contributed by atoms with E-state index in [2.05, 4.69) is 34.9 Å². The van der Waals surface area contributed by atoms with Crippen molar-refractivity contribution in [3.63, 3.8) is 0 Å². The first-order valence-electron chi connectivity index (χ1n) is 9.47. The van der Waals surface area contributed by atoms with Crippen molar-refractivity contribution >= 4 is 6.03 Å². The third kappa shape index (κ3) is 4.97. The molecule has 24 heavy (non-hydrogen) atoms. The quantitative estimate of drug-likeness (QED) is 0.776. The van der Waals surface area contributed by atoms with Gasteiger partial charge in [0.1, 0.15) is 0 Å². The fourth-order valence-corrected chi connectivity index (χ4v) is 4.29. The molecule has 3 N–H and O–H groups in total. The van der Waals surface area contributed by atoms with E-state index in [1.54, 1.807) is 0 Å². The summed E-state index contributed by atoms with van der Waals surface area (Å²) in [5, 5.41) is 15.9. The fraction of sp³-hybridized carbons (Fsp3) is 0.650. The average molecular weight is 330 g/mol. The summed E-state index contributed by atoms with van der Waals surface area (Å²) in [6.45, 7) is 0.680. The van der Waals surface area contributed by atoms with Gasteiger partial charge in [0, 0.05) is 12.6 Å². The number of carbonyl (C=O) groups is 1. The average Bonchev–Trinajstić information content (AvgIpc) is 3.01. The molecule has 2 aliphatic rings. The molecule has 0 radical (unpaired) electrons. The Balaban J connectivity index is 1.43. The van der Waals surface area contributed by atoms with Crippen LogP contribution < -0.4 is 10.6 Å². The van der Waals surface area contributed by atoms with Crippen LogP contribution in [0, 0.1) is 11.8 Å². The molecule has 2 saturated carbocycles. The van der Waals surface area contributed by atoms with Gasteiger partial charge in [0.2, 0.25) is 0 Å². The minimum Gasteiger partial charge on any atom is -0.393 e. The molecule has 2 amide bonds. The molecule has 4 heteroatoms. The van der Waals surface area contributed by atoms with Crippen molar-refractivity contribution in [3.8, 4) is 0 Å². The van der Waals surface area contributed by atoms with E-state index in [4.69, 9.17) is 0 Å². The first-order valence-corrected chi connectivity index (χ1v) is 9.47. The van der Waals surface area contributed by atoms with Gasteiger partial charge in [-0.05, 0) is 55.9 Å². The molecule has 0 saturated heterocycles. The van der Waals surface area contributed by atoms with Crippen molar-refractivity contribution in [1.29, 1.82) is 0 Å². The van der Waals surface area contributed by atoms with Crippen LogP contribution in [0.15, 0.2) is 30.3 Å². The van der Waals surface area contributed by atoms with Gasteiger partial charge in [-0.3, -0.25) is 0 Å². The lowest BCUT2D eigenvalue weighted by molar-refractivity contribution is 0.101. The van der Waals surface area contributed by atoms with Crippen molar-refractivity contribution in [2.24, 2.45) is 11.8 Å². The summed E-state index contributed by atoms with van der Waals surface area (Å²) in [6.07, 6.45) is 8.22. The number of urea groups is 1. The van der Waals surface area contributed by atoms with Gasteiger partial charge >= 0.3 is 6.03 Å². The maximum absolute atomic E-state index is 12.2. The molecule has 0 bridgehead atoms. The van der Waals surface area contributed by atoms with Gasteiger partial charge in [-0.25, -0.2) is 4.79 Å². The molecule has 0 heterocycles. The minimum atomic E-state index is -0.182. The van der Waals surface area contributed by atoms with Crippen LogP contribution in [-0.2, 0) is 6.42 Å². The van der Waals surface area contributed by atoms with Gasteiger partial charge in [0.25, 0.3) is 0 Å². The molecule has 0 spiro atoms. The number of hydrogen-bond donors (Lipinski definition) is 3. The Morgan fingerprint density at radius 2 is 1.88 bits per heavy atom. The lowest BCUT2D eigenvalue weighted by Crippen LogP contribution is -2.45. The molecule has 4 nitrogen and oxygen atoms in total. The molecule has 4 atom stereocenters. The summed E-state index contributed by atoms with van der Waals surface area (Å²) in [5.41, 5.74) is 1.35. The zero-order chi connectivity index (χ0) is 16.8. The van der Waals surface area contributed by atoms with Crippen LogP contribution in [0.4, 0.5) is 4.79 Å². The van der Waals surface area contributed by atoms with E-state index in [1.807, 2.05) is 6.07 Å². The number of aliphatic hydroxyl groups excluding tert-OH is 1.